The molecule has 0 amide bonds. The normalized spacial score (nSPS) is 13.1. The zero-order chi connectivity index (χ0) is 50.7. The van der Waals surface area contributed by atoms with Crippen molar-refractivity contribution in [2.75, 3.05) is 0 Å². The molecule has 0 unspecified atom stereocenters. The van der Waals surface area contributed by atoms with Crippen LogP contribution < -0.4 is 25.5 Å². The summed E-state index contributed by atoms with van der Waals surface area (Å²) >= 11 is 1.86. The molecule has 12 aromatic carbocycles. The molecule has 3 heterocycles. The Kier molecular flexibility index (Phi) is 9.78. The summed E-state index contributed by atoms with van der Waals surface area (Å²) < 4.78 is 12.1. The summed E-state index contributed by atoms with van der Waals surface area (Å²) in [5.74, 6) is 1.77. The van der Waals surface area contributed by atoms with Crippen LogP contribution in [0.25, 0.3) is 81.0 Å². The van der Waals surface area contributed by atoms with Crippen molar-refractivity contribution in [2.45, 2.75) is 5.41 Å². The molecule has 360 valence electrons. The molecule has 0 atom stereocenters. The Bertz CT molecular complexity index is 4510. The second-order valence-electron chi connectivity index (χ2n) is 20.7. The minimum Gasteiger partial charge on any atom is -0.457 e. The molecule has 0 fully saturated rings. The van der Waals surface area contributed by atoms with Gasteiger partial charge in [0.05, 0.1) is 16.4 Å². The lowest BCUT2D eigenvalue weighted by atomic mass is 9.66. The lowest BCUT2D eigenvalue weighted by molar-refractivity contribution is 0.436. The van der Waals surface area contributed by atoms with Gasteiger partial charge in [-0.1, -0.05) is 224 Å². The SMILES string of the molecule is c1ccc([Si](c2ccccc2)(c2ccccc2)c2ccc(-n3c4ccc(-c5ccc6sc7ccccc7c6c5)cc4c4ccc(-c5ccc6c(c5)Oc5ccccc5C65c6ccccc6-c6ccccc65)cc43)cc2)cc1. The largest absolute Gasteiger partial charge is 0.457 e. The van der Waals surface area contributed by atoms with Gasteiger partial charge >= 0.3 is 0 Å². The van der Waals surface area contributed by atoms with Gasteiger partial charge in [0.15, 0.2) is 8.07 Å². The number of para-hydroxylation sites is 1. The molecule has 0 N–H and O–H groups in total. The van der Waals surface area contributed by atoms with Crippen LogP contribution in [0.3, 0.4) is 0 Å². The van der Waals surface area contributed by atoms with Gasteiger partial charge in [-0.25, -0.2) is 0 Å². The fourth-order valence-corrected chi connectivity index (χ4v) is 19.4. The second kappa shape index (κ2) is 17.1. The highest BCUT2D eigenvalue weighted by atomic mass is 32.1. The minimum atomic E-state index is -2.75. The average Bonchev–Trinajstić information content (AvgIpc) is 4.37. The van der Waals surface area contributed by atoms with Crippen molar-refractivity contribution in [3.05, 3.63) is 307 Å². The van der Waals surface area contributed by atoms with Gasteiger partial charge < -0.3 is 9.30 Å². The van der Waals surface area contributed by atoms with Gasteiger partial charge in [0.25, 0.3) is 0 Å². The maximum absolute atomic E-state index is 7.02. The van der Waals surface area contributed by atoms with E-state index in [0.717, 1.165) is 39.4 Å². The predicted molar refractivity (Wildman–Crippen MR) is 326 cm³/mol. The van der Waals surface area contributed by atoms with Gasteiger partial charge in [0.1, 0.15) is 11.5 Å². The minimum absolute atomic E-state index is 0.515. The lowest BCUT2D eigenvalue weighted by Gasteiger charge is -2.39. The van der Waals surface area contributed by atoms with Crippen LogP contribution in [0, 0.1) is 0 Å². The lowest BCUT2D eigenvalue weighted by Crippen LogP contribution is -2.74. The van der Waals surface area contributed by atoms with Crippen LogP contribution >= 0.6 is 11.3 Å². The van der Waals surface area contributed by atoms with E-state index >= 15 is 0 Å². The van der Waals surface area contributed by atoms with Gasteiger partial charge in [-0.3, -0.25) is 0 Å². The van der Waals surface area contributed by atoms with Crippen molar-refractivity contribution in [3.8, 4) is 50.6 Å². The maximum Gasteiger partial charge on any atom is 0.179 e. The Labute approximate surface area is 452 Å². The summed E-state index contributed by atoms with van der Waals surface area (Å²) in [5.41, 5.74) is 15.0. The van der Waals surface area contributed by atoms with Crippen LogP contribution in [0.2, 0.25) is 0 Å². The van der Waals surface area contributed by atoms with Gasteiger partial charge in [0, 0.05) is 47.8 Å². The molecule has 2 aliphatic rings. The average molecular weight is 1010 g/mol. The molecule has 14 aromatic rings. The molecule has 0 saturated heterocycles. The van der Waals surface area contributed by atoms with Gasteiger partial charge in [-0.15, -0.1) is 11.3 Å². The van der Waals surface area contributed by atoms with E-state index < -0.39 is 13.5 Å². The zero-order valence-corrected chi connectivity index (χ0v) is 43.7. The molecule has 1 aliphatic carbocycles. The molecule has 1 aliphatic heterocycles. The molecule has 2 nitrogen and oxygen atoms in total. The Morgan fingerprint density at radius 1 is 0.312 bits per heavy atom. The molecule has 1 spiro atoms. The van der Waals surface area contributed by atoms with E-state index in [-0.39, 0.29) is 0 Å². The topological polar surface area (TPSA) is 14.2 Å². The van der Waals surface area contributed by atoms with E-state index in [4.69, 9.17) is 4.74 Å². The standard InChI is InChI=1S/C73H47NOSSi/c1-4-18-53(19-5-1)77(54-20-6-2-7-21-54,55-22-8-3-9-23-55)56-38-36-52(37-39-56)74-67-42-34-48(49-35-43-72-62(45-49)60-26-12-17-31-71(60)76-72)44-61(67)59-40-32-50(46-68(59)74)51-33-41-66-70(47-51)75-69-30-16-15-29-65(69)73(66)63-27-13-10-24-57(63)58-25-11-14-28-64(58)73/h1-47H. The Morgan fingerprint density at radius 2 is 0.805 bits per heavy atom. The smallest absolute Gasteiger partial charge is 0.179 e. The molecule has 77 heavy (non-hydrogen) atoms. The van der Waals surface area contributed by atoms with E-state index in [1.54, 1.807) is 0 Å². The first-order chi connectivity index (χ1) is 38.2. The van der Waals surface area contributed by atoms with E-state index in [2.05, 4.69) is 290 Å². The summed E-state index contributed by atoms with van der Waals surface area (Å²) in [6, 6.07) is 106. The molecule has 16 rings (SSSR count). The number of nitrogens with zero attached hydrogens (tertiary/aromatic N) is 1. The first-order valence-corrected chi connectivity index (χ1v) is 29.4. The Balaban J connectivity index is 0.892. The molecular formula is C73H47NOSSi. The molecule has 0 bridgehead atoms. The second-order valence-corrected chi connectivity index (χ2v) is 25.5. The molecule has 4 heteroatoms. The fraction of sp³-hybridized carbons (Fsp3) is 0.0137. The van der Waals surface area contributed by atoms with Crippen LogP contribution in [0.5, 0.6) is 11.5 Å². The van der Waals surface area contributed by atoms with Crippen LogP contribution in [0.15, 0.2) is 285 Å². The summed E-state index contributed by atoms with van der Waals surface area (Å²) in [6.07, 6.45) is 0. The van der Waals surface area contributed by atoms with Crippen molar-refractivity contribution in [1.29, 1.82) is 0 Å². The van der Waals surface area contributed by atoms with Crippen LogP contribution in [0.4, 0.5) is 0 Å². The van der Waals surface area contributed by atoms with Crippen LogP contribution in [-0.2, 0) is 5.41 Å². The Hall–Kier alpha value is -9.32. The summed E-state index contributed by atoms with van der Waals surface area (Å²) in [4.78, 5) is 0. The molecule has 0 saturated carbocycles. The van der Waals surface area contributed by atoms with Gasteiger partial charge in [-0.05, 0) is 126 Å². The van der Waals surface area contributed by atoms with Crippen molar-refractivity contribution in [2.24, 2.45) is 0 Å². The number of ether oxygens (including phenoxy) is 1. The third-order valence-electron chi connectivity index (χ3n) is 16.8. The summed E-state index contributed by atoms with van der Waals surface area (Å²) in [5, 5.41) is 10.5. The number of rotatable bonds is 7. The van der Waals surface area contributed by atoms with E-state index in [0.29, 0.717) is 0 Å². The summed E-state index contributed by atoms with van der Waals surface area (Å²) in [6.45, 7) is 0. The van der Waals surface area contributed by atoms with E-state index in [1.165, 1.54) is 96.2 Å². The van der Waals surface area contributed by atoms with Crippen molar-refractivity contribution in [3.63, 3.8) is 0 Å². The van der Waals surface area contributed by atoms with Gasteiger partial charge in [0.2, 0.25) is 0 Å². The van der Waals surface area contributed by atoms with Crippen molar-refractivity contribution in [1.82, 2.24) is 4.57 Å². The number of hydrogen-bond acceptors (Lipinski definition) is 2. The zero-order valence-electron chi connectivity index (χ0n) is 41.9. The highest BCUT2D eigenvalue weighted by Crippen LogP contribution is 2.62. The van der Waals surface area contributed by atoms with Gasteiger partial charge in [-0.2, -0.15) is 0 Å². The number of hydrogen-bond donors (Lipinski definition) is 0. The van der Waals surface area contributed by atoms with Crippen LogP contribution in [-0.4, -0.2) is 12.6 Å². The fourth-order valence-electron chi connectivity index (χ4n) is 13.5. The third-order valence-corrected chi connectivity index (χ3v) is 22.8. The first kappa shape index (κ1) is 44.0. The predicted octanol–water partition coefficient (Wildman–Crippen LogP) is 16.3. The third kappa shape index (κ3) is 6.41. The Morgan fingerprint density at radius 3 is 1.49 bits per heavy atom. The number of fused-ring (bicyclic) bond motifs is 15. The molecule has 0 radical (unpaired) electrons. The highest BCUT2D eigenvalue weighted by molar-refractivity contribution is 7.25. The number of thiophene rings is 1. The molecule has 2 aromatic heterocycles. The van der Waals surface area contributed by atoms with Crippen LogP contribution in [0.1, 0.15) is 22.3 Å². The quantitative estimate of drug-likeness (QED) is 0.115. The number of aromatic nitrogens is 1. The van der Waals surface area contributed by atoms with E-state index in [9.17, 15) is 0 Å². The van der Waals surface area contributed by atoms with Crippen molar-refractivity contribution < 1.29 is 4.74 Å². The molecular weight excluding hydrogens is 967 g/mol. The monoisotopic (exact) mass is 1010 g/mol. The number of benzene rings is 12. The van der Waals surface area contributed by atoms with E-state index in [1.807, 2.05) is 11.3 Å². The maximum atomic E-state index is 7.02. The summed E-state index contributed by atoms with van der Waals surface area (Å²) in [7, 11) is -2.75. The highest BCUT2D eigenvalue weighted by Gasteiger charge is 2.51. The van der Waals surface area contributed by atoms with Crippen molar-refractivity contribution >= 4 is 82.1 Å². The first-order valence-electron chi connectivity index (χ1n) is 26.6.